The number of fused-ring (bicyclic) bond motifs is 2. The molecule has 0 aromatic rings. The summed E-state index contributed by atoms with van der Waals surface area (Å²) in [5.41, 5.74) is 0.780. The Morgan fingerprint density at radius 2 is 1.90 bits per heavy atom. The molecule has 1 spiro atoms. The number of ether oxygens (including phenoxy) is 4. The largest absolute Gasteiger partial charge is 0.462 e. The summed E-state index contributed by atoms with van der Waals surface area (Å²) in [5, 5.41) is 22.9. The van der Waals surface area contributed by atoms with E-state index in [9.17, 15) is 15.0 Å². The number of allylic oxidation sites excluding steroid dienone is 4. The lowest BCUT2D eigenvalue weighted by Gasteiger charge is -2.50. The minimum Gasteiger partial charge on any atom is -0.462 e. The first-order valence-corrected chi connectivity index (χ1v) is 15.2. The molecule has 2 N–H and O–H groups in total. The van der Waals surface area contributed by atoms with Crippen molar-refractivity contribution in [3.8, 4) is 0 Å². The van der Waals surface area contributed by atoms with E-state index in [4.69, 9.17) is 18.9 Å². The smallest absolute Gasteiger partial charge is 0.316 e. The SMILES string of the molecule is CC1=C[C@H]2C(=O)O[C@@H]3C[C@@H](C/C=C(/C)C[C@H](C)/C=C/C=C4/CO[C@@H]([C@@H]1O)[C@]42O)O[C@@]1(CC[C@H](C)[C@@H](C(C)C)O1)C3. The molecule has 0 saturated carbocycles. The van der Waals surface area contributed by atoms with Gasteiger partial charge in [0, 0.05) is 19.3 Å². The molecule has 10 atom stereocenters. The third-order valence-corrected chi connectivity index (χ3v) is 9.67. The van der Waals surface area contributed by atoms with E-state index in [0.29, 0.717) is 35.8 Å². The van der Waals surface area contributed by atoms with Crippen LogP contribution in [-0.2, 0) is 23.7 Å². The van der Waals surface area contributed by atoms with Crippen LogP contribution in [0.4, 0.5) is 0 Å². The number of rotatable bonds is 1. The molecular formula is C33H48O7. The van der Waals surface area contributed by atoms with E-state index in [1.807, 2.05) is 12.2 Å². The number of esters is 1. The van der Waals surface area contributed by atoms with Crippen LogP contribution in [0.15, 0.2) is 47.1 Å². The summed E-state index contributed by atoms with van der Waals surface area (Å²) in [5.74, 6) is -1.22. The normalized spacial score (nSPS) is 47.9. The molecule has 0 aromatic heterocycles. The Balaban J connectivity index is 1.51. The van der Waals surface area contributed by atoms with Crippen LogP contribution in [0.2, 0.25) is 0 Å². The van der Waals surface area contributed by atoms with Crippen LogP contribution in [0.3, 0.4) is 0 Å². The second-order valence-corrected chi connectivity index (χ2v) is 13.4. The van der Waals surface area contributed by atoms with Crippen LogP contribution in [0.1, 0.15) is 80.1 Å². The van der Waals surface area contributed by atoms with E-state index in [-0.39, 0.29) is 24.7 Å². The highest BCUT2D eigenvalue weighted by atomic mass is 16.7. The van der Waals surface area contributed by atoms with Crippen molar-refractivity contribution in [1.82, 2.24) is 0 Å². The number of carbonyl (C=O) groups excluding carboxylic acids is 1. The molecule has 3 saturated heterocycles. The predicted molar refractivity (Wildman–Crippen MR) is 152 cm³/mol. The van der Waals surface area contributed by atoms with E-state index in [0.717, 1.165) is 25.7 Å². The standard InChI is InChI=1S/C33H48O7/c1-19(2)29-22(5)12-13-32(40-29)17-26-16-25(39-32)11-10-21(4)14-20(3)8-7-9-24-18-37-30-28(34)23(6)15-27(31(35)38-26)33(24,30)36/h7-10,15,19-20,22,25-30,34,36H,11-14,16-18H2,1-6H3/b8-7+,21-10-,24-9-/t20-,22+,25-,26-,27+,28-,29-,30+,32-,33+/m1/s1. The molecule has 5 aliphatic rings. The molecule has 0 unspecified atom stereocenters. The lowest BCUT2D eigenvalue weighted by molar-refractivity contribution is -0.340. The predicted octanol–water partition coefficient (Wildman–Crippen LogP) is 5.17. The van der Waals surface area contributed by atoms with Crippen LogP contribution in [0.25, 0.3) is 0 Å². The van der Waals surface area contributed by atoms with Crippen molar-refractivity contribution in [1.29, 1.82) is 0 Å². The Morgan fingerprint density at radius 1 is 1.12 bits per heavy atom. The lowest BCUT2D eigenvalue weighted by atomic mass is 9.71. The monoisotopic (exact) mass is 556 g/mol. The first-order chi connectivity index (χ1) is 18.9. The molecule has 0 amide bonds. The van der Waals surface area contributed by atoms with Crippen molar-refractivity contribution in [2.24, 2.45) is 23.7 Å². The van der Waals surface area contributed by atoms with Crippen molar-refractivity contribution >= 4 is 5.97 Å². The van der Waals surface area contributed by atoms with Crippen LogP contribution in [0, 0.1) is 23.7 Å². The van der Waals surface area contributed by atoms with E-state index in [2.05, 4.69) is 46.8 Å². The fourth-order valence-electron chi connectivity index (χ4n) is 7.48. The highest BCUT2D eigenvalue weighted by Crippen LogP contribution is 2.47. The van der Waals surface area contributed by atoms with Gasteiger partial charge in [0.05, 0.1) is 18.8 Å². The number of aliphatic hydroxyl groups excluding tert-OH is 1. The average Bonchev–Trinajstić information content (AvgIpc) is 3.23. The first-order valence-electron chi connectivity index (χ1n) is 15.2. The van der Waals surface area contributed by atoms with Crippen LogP contribution in [0.5, 0.6) is 0 Å². The molecule has 2 bridgehead atoms. The van der Waals surface area contributed by atoms with Gasteiger partial charge in [-0.3, -0.25) is 4.79 Å². The maximum Gasteiger partial charge on any atom is 0.316 e. The van der Waals surface area contributed by atoms with Gasteiger partial charge < -0.3 is 29.2 Å². The molecular weight excluding hydrogens is 508 g/mol. The molecule has 40 heavy (non-hydrogen) atoms. The fourth-order valence-corrected chi connectivity index (χ4v) is 7.48. The van der Waals surface area contributed by atoms with Gasteiger partial charge in [-0.15, -0.1) is 0 Å². The zero-order chi connectivity index (χ0) is 28.8. The van der Waals surface area contributed by atoms with E-state index in [1.165, 1.54) is 5.57 Å². The van der Waals surface area contributed by atoms with Crippen LogP contribution >= 0.6 is 0 Å². The van der Waals surface area contributed by atoms with Gasteiger partial charge in [0.1, 0.15) is 29.8 Å². The Labute approximate surface area is 239 Å². The topological polar surface area (TPSA) is 94.5 Å². The van der Waals surface area contributed by atoms with Crippen molar-refractivity contribution in [3.05, 3.63) is 47.1 Å². The summed E-state index contributed by atoms with van der Waals surface area (Å²) >= 11 is 0. The number of aliphatic hydroxyl groups is 2. The van der Waals surface area contributed by atoms with E-state index in [1.54, 1.807) is 13.0 Å². The molecule has 0 radical (unpaired) electrons. The number of carbonyl (C=O) groups is 1. The second-order valence-electron chi connectivity index (χ2n) is 13.4. The Bertz CT molecular complexity index is 1090. The minimum absolute atomic E-state index is 0.0712. The second kappa shape index (κ2) is 11.5. The Kier molecular flexibility index (Phi) is 8.53. The number of hydrogen-bond acceptors (Lipinski definition) is 7. The van der Waals surface area contributed by atoms with E-state index < -0.39 is 41.6 Å². The number of hydrogen-bond donors (Lipinski definition) is 2. The van der Waals surface area contributed by atoms with Gasteiger partial charge >= 0.3 is 5.97 Å². The van der Waals surface area contributed by atoms with E-state index >= 15 is 0 Å². The Morgan fingerprint density at radius 3 is 2.65 bits per heavy atom. The lowest BCUT2D eigenvalue weighted by Crippen LogP contribution is -2.58. The maximum atomic E-state index is 13.9. The minimum atomic E-state index is -1.68. The Hall–Kier alpha value is -1.77. The molecule has 5 rings (SSSR count). The van der Waals surface area contributed by atoms with Crippen molar-refractivity contribution in [2.75, 3.05) is 6.61 Å². The van der Waals surface area contributed by atoms with Crippen LogP contribution in [-0.4, -0.2) is 64.7 Å². The maximum absolute atomic E-state index is 13.9. The quantitative estimate of drug-likeness (QED) is 0.340. The summed E-state index contributed by atoms with van der Waals surface area (Å²) in [6.45, 7) is 12.8. The zero-order valence-electron chi connectivity index (χ0n) is 25.0. The van der Waals surface area contributed by atoms with Crippen molar-refractivity contribution < 1.29 is 34.0 Å². The summed E-state index contributed by atoms with van der Waals surface area (Å²) < 4.78 is 25.6. The highest BCUT2D eigenvalue weighted by molar-refractivity contribution is 5.78. The summed E-state index contributed by atoms with van der Waals surface area (Å²) in [6.07, 6.45) is 11.8. The first kappa shape index (κ1) is 29.7. The van der Waals surface area contributed by atoms with Gasteiger partial charge in [-0.2, -0.15) is 0 Å². The van der Waals surface area contributed by atoms with Gasteiger partial charge in [0.25, 0.3) is 0 Å². The van der Waals surface area contributed by atoms with Crippen LogP contribution < -0.4 is 0 Å². The molecule has 4 heterocycles. The van der Waals surface area contributed by atoms with Gasteiger partial charge in [-0.1, -0.05) is 63.6 Å². The molecule has 0 aromatic carbocycles. The third kappa shape index (κ3) is 5.65. The van der Waals surface area contributed by atoms with Gasteiger partial charge in [0.15, 0.2) is 5.79 Å². The molecule has 1 aliphatic carbocycles. The summed E-state index contributed by atoms with van der Waals surface area (Å²) in [7, 11) is 0. The van der Waals surface area contributed by atoms with Gasteiger partial charge in [-0.05, 0) is 62.0 Å². The highest BCUT2D eigenvalue weighted by Gasteiger charge is 2.60. The molecule has 3 fully saturated rings. The summed E-state index contributed by atoms with van der Waals surface area (Å²) in [4.78, 5) is 13.9. The average molecular weight is 557 g/mol. The molecule has 7 heteroatoms. The van der Waals surface area contributed by atoms with Gasteiger partial charge in [-0.25, -0.2) is 0 Å². The molecule has 7 nitrogen and oxygen atoms in total. The molecule has 222 valence electrons. The van der Waals surface area contributed by atoms with Crippen molar-refractivity contribution in [2.45, 2.75) is 122 Å². The third-order valence-electron chi connectivity index (χ3n) is 9.67. The zero-order valence-corrected chi connectivity index (χ0v) is 25.0. The summed E-state index contributed by atoms with van der Waals surface area (Å²) in [6, 6.07) is 0. The molecule has 4 aliphatic heterocycles. The van der Waals surface area contributed by atoms with Crippen molar-refractivity contribution in [3.63, 3.8) is 0 Å². The fraction of sp³-hybridized carbons (Fsp3) is 0.727. The van der Waals surface area contributed by atoms with Gasteiger partial charge in [0.2, 0.25) is 0 Å².